The summed E-state index contributed by atoms with van der Waals surface area (Å²) in [4.78, 5) is 30.0. The Kier molecular flexibility index (Phi) is 4.93. The van der Waals surface area contributed by atoms with Crippen molar-refractivity contribution in [2.45, 2.75) is 45.1 Å². The molecule has 1 saturated carbocycles. The molecule has 3 aromatic heterocycles. The molecule has 138 valence electrons. The summed E-state index contributed by atoms with van der Waals surface area (Å²) in [6, 6.07) is 4.10. The fraction of sp³-hybridized carbons (Fsp3) is 0.381. The lowest BCUT2D eigenvalue weighted by Crippen LogP contribution is -2.41. The van der Waals surface area contributed by atoms with Crippen LogP contribution in [-0.4, -0.2) is 43.3 Å². The van der Waals surface area contributed by atoms with Crippen molar-refractivity contribution in [1.29, 1.82) is 0 Å². The number of H-pyrrole nitrogens is 2. The maximum atomic E-state index is 13.2. The van der Waals surface area contributed by atoms with Gasteiger partial charge < -0.3 is 14.9 Å². The van der Waals surface area contributed by atoms with Crippen LogP contribution in [-0.2, 0) is 0 Å². The van der Waals surface area contributed by atoms with Crippen molar-refractivity contribution in [3.63, 3.8) is 0 Å². The fourth-order valence-electron chi connectivity index (χ4n) is 3.84. The second kappa shape index (κ2) is 7.67. The number of amides is 1. The molecule has 0 bridgehead atoms. The van der Waals surface area contributed by atoms with E-state index >= 15 is 0 Å². The van der Waals surface area contributed by atoms with Crippen LogP contribution in [0.3, 0.4) is 0 Å². The maximum Gasteiger partial charge on any atom is 0.271 e. The molecule has 0 spiro atoms. The van der Waals surface area contributed by atoms with Crippen LogP contribution in [0.25, 0.3) is 22.3 Å². The third-order valence-corrected chi connectivity index (χ3v) is 5.24. The zero-order chi connectivity index (χ0) is 18.6. The van der Waals surface area contributed by atoms with Gasteiger partial charge in [-0.15, -0.1) is 5.92 Å². The Morgan fingerprint density at radius 1 is 1.26 bits per heavy atom. The quantitative estimate of drug-likeness (QED) is 0.695. The number of carbonyl (C=O) groups is 1. The van der Waals surface area contributed by atoms with E-state index in [0.717, 1.165) is 35.1 Å². The van der Waals surface area contributed by atoms with E-state index in [0.29, 0.717) is 12.2 Å². The molecule has 27 heavy (non-hydrogen) atoms. The lowest BCUT2D eigenvalue weighted by Gasteiger charge is -2.32. The Labute approximate surface area is 158 Å². The molecule has 1 aliphatic rings. The summed E-state index contributed by atoms with van der Waals surface area (Å²) in [7, 11) is 0. The topological polar surface area (TPSA) is 77.7 Å². The van der Waals surface area contributed by atoms with E-state index in [4.69, 9.17) is 0 Å². The summed E-state index contributed by atoms with van der Waals surface area (Å²) in [5.74, 6) is 6.00. The van der Waals surface area contributed by atoms with Crippen molar-refractivity contribution in [2.24, 2.45) is 0 Å². The summed E-state index contributed by atoms with van der Waals surface area (Å²) in [6.07, 6.45) is 10.9. The molecule has 6 nitrogen and oxygen atoms in total. The average Bonchev–Trinajstić information content (AvgIpc) is 3.38. The first-order valence-corrected chi connectivity index (χ1v) is 9.45. The second-order valence-electron chi connectivity index (χ2n) is 6.92. The van der Waals surface area contributed by atoms with Crippen LogP contribution < -0.4 is 0 Å². The minimum Gasteiger partial charge on any atom is -0.357 e. The van der Waals surface area contributed by atoms with E-state index in [2.05, 4.69) is 31.8 Å². The third-order valence-electron chi connectivity index (χ3n) is 5.24. The Morgan fingerprint density at radius 2 is 2.11 bits per heavy atom. The van der Waals surface area contributed by atoms with Gasteiger partial charge in [-0.1, -0.05) is 25.2 Å². The zero-order valence-electron chi connectivity index (χ0n) is 15.5. The largest absolute Gasteiger partial charge is 0.357 e. The van der Waals surface area contributed by atoms with E-state index in [9.17, 15) is 4.79 Å². The normalized spacial score (nSPS) is 14.7. The van der Waals surface area contributed by atoms with Crippen molar-refractivity contribution < 1.29 is 4.79 Å². The Bertz CT molecular complexity index is 1000. The Morgan fingerprint density at radius 3 is 2.93 bits per heavy atom. The third kappa shape index (κ3) is 3.45. The molecule has 4 rings (SSSR count). The van der Waals surface area contributed by atoms with Gasteiger partial charge in [0.15, 0.2) is 0 Å². The van der Waals surface area contributed by atoms with Crippen LogP contribution in [0.15, 0.2) is 30.9 Å². The highest BCUT2D eigenvalue weighted by atomic mass is 16.2. The first kappa shape index (κ1) is 17.3. The highest BCUT2D eigenvalue weighted by molar-refractivity contribution is 5.96. The molecule has 3 aromatic rings. The van der Waals surface area contributed by atoms with E-state index in [1.807, 2.05) is 36.4 Å². The molecule has 0 unspecified atom stereocenters. The SMILES string of the molecule is CC#CCN(C(=O)c1cc(-c2ncnc3[nH]ccc23)c[nH]1)C1CCCCC1. The van der Waals surface area contributed by atoms with Crippen LogP contribution in [0.2, 0.25) is 0 Å². The highest BCUT2D eigenvalue weighted by Crippen LogP contribution is 2.27. The first-order valence-electron chi connectivity index (χ1n) is 9.45. The standard InChI is InChI=1S/C21H23N5O/c1-2-3-11-26(16-7-5-4-6-8-16)21(27)18-12-15(13-23-18)19-17-9-10-22-20(17)25-14-24-19/h9-10,12-14,16,23H,4-8,11H2,1H3,(H,22,24,25). The van der Waals surface area contributed by atoms with Crippen molar-refractivity contribution in [2.75, 3.05) is 6.54 Å². The van der Waals surface area contributed by atoms with Gasteiger partial charge in [0, 0.05) is 29.4 Å². The van der Waals surface area contributed by atoms with E-state index < -0.39 is 0 Å². The summed E-state index contributed by atoms with van der Waals surface area (Å²) in [6.45, 7) is 2.29. The predicted molar refractivity (Wildman–Crippen MR) is 105 cm³/mol. The molecule has 0 atom stereocenters. The molecule has 0 radical (unpaired) electrons. The van der Waals surface area contributed by atoms with Gasteiger partial charge in [-0.05, 0) is 31.9 Å². The van der Waals surface area contributed by atoms with E-state index in [-0.39, 0.29) is 11.9 Å². The number of aromatic amines is 2. The predicted octanol–water partition coefficient (Wildman–Crippen LogP) is 3.75. The molecule has 1 aliphatic carbocycles. The molecule has 0 aromatic carbocycles. The molecule has 2 N–H and O–H groups in total. The Hall–Kier alpha value is -3.07. The van der Waals surface area contributed by atoms with Crippen molar-refractivity contribution in [3.8, 4) is 23.1 Å². The first-order chi connectivity index (χ1) is 13.3. The minimum absolute atomic E-state index is 0.00951. The smallest absolute Gasteiger partial charge is 0.271 e. The molecule has 6 heteroatoms. The van der Waals surface area contributed by atoms with Gasteiger partial charge in [0.2, 0.25) is 0 Å². The molecule has 0 aliphatic heterocycles. The number of hydrogen-bond donors (Lipinski definition) is 2. The number of nitrogens with one attached hydrogen (secondary N) is 2. The molecule has 3 heterocycles. The monoisotopic (exact) mass is 361 g/mol. The lowest BCUT2D eigenvalue weighted by molar-refractivity contribution is 0.0662. The van der Waals surface area contributed by atoms with Crippen LogP contribution in [0.4, 0.5) is 0 Å². The molecular weight excluding hydrogens is 338 g/mol. The van der Waals surface area contributed by atoms with E-state index in [1.54, 1.807) is 0 Å². The average molecular weight is 361 g/mol. The summed E-state index contributed by atoms with van der Waals surface area (Å²) < 4.78 is 0. The van der Waals surface area contributed by atoms with Crippen LogP contribution in [0, 0.1) is 11.8 Å². The van der Waals surface area contributed by atoms with Gasteiger partial charge >= 0.3 is 0 Å². The second-order valence-corrected chi connectivity index (χ2v) is 6.92. The number of nitrogens with zero attached hydrogens (tertiary/aromatic N) is 3. The number of carbonyl (C=O) groups excluding carboxylic acids is 1. The van der Waals surface area contributed by atoms with Gasteiger partial charge in [-0.25, -0.2) is 9.97 Å². The Balaban J connectivity index is 1.63. The summed E-state index contributed by atoms with van der Waals surface area (Å²) >= 11 is 0. The van der Waals surface area contributed by atoms with Gasteiger partial charge in [0.05, 0.1) is 12.2 Å². The molecular formula is C21H23N5O. The summed E-state index contributed by atoms with van der Waals surface area (Å²) in [5.41, 5.74) is 3.07. The van der Waals surface area contributed by atoms with Gasteiger partial charge in [-0.3, -0.25) is 4.79 Å². The van der Waals surface area contributed by atoms with Crippen molar-refractivity contribution >= 4 is 16.9 Å². The fourth-order valence-corrected chi connectivity index (χ4v) is 3.84. The molecule has 1 amide bonds. The van der Waals surface area contributed by atoms with Crippen LogP contribution in [0.1, 0.15) is 49.5 Å². The van der Waals surface area contributed by atoms with Gasteiger partial charge in [-0.2, -0.15) is 0 Å². The zero-order valence-corrected chi connectivity index (χ0v) is 15.5. The number of hydrogen-bond acceptors (Lipinski definition) is 3. The number of rotatable bonds is 4. The summed E-state index contributed by atoms with van der Waals surface area (Å²) in [5, 5.41) is 0.941. The molecule has 1 fully saturated rings. The minimum atomic E-state index is 0.00951. The van der Waals surface area contributed by atoms with Crippen LogP contribution in [0.5, 0.6) is 0 Å². The van der Waals surface area contributed by atoms with Crippen molar-refractivity contribution in [1.82, 2.24) is 24.8 Å². The number of aromatic nitrogens is 4. The maximum absolute atomic E-state index is 13.2. The molecule has 0 saturated heterocycles. The van der Waals surface area contributed by atoms with Gasteiger partial charge in [0.25, 0.3) is 5.91 Å². The van der Waals surface area contributed by atoms with Crippen molar-refractivity contribution in [3.05, 3.63) is 36.5 Å². The highest BCUT2D eigenvalue weighted by Gasteiger charge is 2.26. The van der Waals surface area contributed by atoms with E-state index in [1.165, 1.54) is 25.6 Å². The van der Waals surface area contributed by atoms with Crippen LogP contribution >= 0.6 is 0 Å². The number of fused-ring (bicyclic) bond motifs is 1. The van der Waals surface area contributed by atoms with Gasteiger partial charge in [0.1, 0.15) is 17.7 Å². The lowest BCUT2D eigenvalue weighted by atomic mass is 9.94.